The van der Waals surface area contributed by atoms with Crippen molar-refractivity contribution in [1.29, 1.82) is 0 Å². The second-order valence-corrected chi connectivity index (χ2v) is 7.48. The number of para-hydroxylation sites is 4. The molecule has 0 bridgehead atoms. The molecule has 1 unspecified atom stereocenters. The number of fused-ring (bicyclic) bond motifs is 1. The molecule has 1 atom stereocenters. The van der Waals surface area contributed by atoms with Crippen LogP contribution in [0.1, 0.15) is 10.4 Å². The Kier molecular flexibility index (Phi) is 6.54. The minimum Gasteiger partial charge on any atom is -0.477 e. The van der Waals surface area contributed by atoms with Crippen molar-refractivity contribution in [3.63, 3.8) is 0 Å². The number of nitrogens with zero attached hydrogens (tertiary/aromatic N) is 1. The van der Waals surface area contributed by atoms with Crippen molar-refractivity contribution < 1.29 is 19.1 Å². The van der Waals surface area contributed by atoms with Gasteiger partial charge in [0.2, 0.25) is 5.91 Å². The number of rotatable bonds is 6. The van der Waals surface area contributed by atoms with E-state index in [1.807, 2.05) is 36.4 Å². The molecule has 33 heavy (non-hydrogen) atoms. The number of likely N-dealkylation sites (N-methyl/N-ethyl adjacent to an activating group) is 1. The van der Waals surface area contributed by atoms with Gasteiger partial charge < -0.3 is 25.6 Å². The average Bonchev–Trinajstić information content (AvgIpc) is 2.84. The van der Waals surface area contributed by atoms with Crippen molar-refractivity contribution in [3.8, 4) is 5.75 Å². The summed E-state index contributed by atoms with van der Waals surface area (Å²) >= 11 is 0. The molecule has 0 radical (unpaired) electrons. The molecule has 0 saturated carbocycles. The van der Waals surface area contributed by atoms with Gasteiger partial charge in [-0.1, -0.05) is 42.5 Å². The van der Waals surface area contributed by atoms with Gasteiger partial charge in [0.25, 0.3) is 11.8 Å². The number of ether oxygens (including phenoxy) is 1. The monoisotopic (exact) mass is 444 g/mol. The van der Waals surface area contributed by atoms with Crippen molar-refractivity contribution >= 4 is 34.8 Å². The van der Waals surface area contributed by atoms with Crippen LogP contribution in [0.2, 0.25) is 0 Å². The Morgan fingerprint density at radius 1 is 0.909 bits per heavy atom. The lowest BCUT2D eigenvalue weighted by Gasteiger charge is -2.35. The molecule has 168 valence electrons. The second kappa shape index (κ2) is 9.86. The van der Waals surface area contributed by atoms with E-state index in [1.54, 1.807) is 54.4 Å². The van der Waals surface area contributed by atoms with Crippen LogP contribution in [-0.2, 0) is 9.59 Å². The Morgan fingerprint density at radius 2 is 1.61 bits per heavy atom. The van der Waals surface area contributed by atoms with E-state index in [2.05, 4.69) is 16.0 Å². The van der Waals surface area contributed by atoms with Gasteiger partial charge in [-0.25, -0.2) is 0 Å². The highest BCUT2D eigenvalue weighted by atomic mass is 16.5. The summed E-state index contributed by atoms with van der Waals surface area (Å²) in [7, 11) is 1.54. The van der Waals surface area contributed by atoms with Crippen LogP contribution in [0, 0.1) is 0 Å². The summed E-state index contributed by atoms with van der Waals surface area (Å²) in [5.74, 6) is -0.374. The number of anilines is 3. The lowest BCUT2D eigenvalue weighted by molar-refractivity contribution is -0.127. The molecule has 1 aliphatic rings. The molecule has 4 rings (SSSR count). The quantitative estimate of drug-likeness (QED) is 0.543. The van der Waals surface area contributed by atoms with E-state index in [4.69, 9.17) is 4.74 Å². The van der Waals surface area contributed by atoms with Crippen LogP contribution in [0.15, 0.2) is 78.9 Å². The fourth-order valence-electron chi connectivity index (χ4n) is 3.63. The van der Waals surface area contributed by atoms with Gasteiger partial charge in [-0.15, -0.1) is 0 Å². The first kappa shape index (κ1) is 21.9. The Hall–Kier alpha value is -4.33. The first-order valence-corrected chi connectivity index (χ1v) is 10.5. The van der Waals surface area contributed by atoms with Gasteiger partial charge in [-0.05, 0) is 36.4 Å². The van der Waals surface area contributed by atoms with Crippen molar-refractivity contribution in [2.45, 2.75) is 6.10 Å². The minimum atomic E-state index is -0.735. The Balaban J connectivity index is 1.49. The van der Waals surface area contributed by atoms with Gasteiger partial charge in [0, 0.05) is 12.7 Å². The van der Waals surface area contributed by atoms with E-state index >= 15 is 0 Å². The normalized spacial score (nSPS) is 14.5. The number of carbonyl (C=O) groups excluding carboxylic acids is 3. The van der Waals surface area contributed by atoms with Crippen LogP contribution in [0.4, 0.5) is 17.1 Å². The van der Waals surface area contributed by atoms with Gasteiger partial charge in [0.05, 0.1) is 30.0 Å². The molecule has 3 aromatic rings. The summed E-state index contributed by atoms with van der Waals surface area (Å²) < 4.78 is 5.78. The van der Waals surface area contributed by atoms with Gasteiger partial charge in [0.1, 0.15) is 5.75 Å². The maximum Gasteiger partial charge on any atom is 0.262 e. The Bertz CT molecular complexity index is 1170. The van der Waals surface area contributed by atoms with E-state index in [0.717, 1.165) is 5.69 Å². The zero-order chi connectivity index (χ0) is 23.2. The second-order valence-electron chi connectivity index (χ2n) is 7.48. The lowest BCUT2D eigenvalue weighted by atomic mass is 10.1. The Labute approximate surface area is 191 Å². The van der Waals surface area contributed by atoms with Gasteiger partial charge in [0.15, 0.2) is 6.10 Å². The molecule has 0 fully saturated rings. The van der Waals surface area contributed by atoms with E-state index < -0.39 is 6.10 Å². The van der Waals surface area contributed by atoms with Crippen LogP contribution in [0.5, 0.6) is 5.75 Å². The molecule has 0 aromatic heterocycles. The molecule has 3 aromatic carbocycles. The molecule has 0 saturated heterocycles. The van der Waals surface area contributed by atoms with E-state index in [-0.39, 0.29) is 30.8 Å². The van der Waals surface area contributed by atoms with Crippen molar-refractivity contribution in [1.82, 2.24) is 5.32 Å². The van der Waals surface area contributed by atoms with Crippen molar-refractivity contribution in [2.75, 3.05) is 35.7 Å². The molecule has 3 N–H and O–H groups in total. The summed E-state index contributed by atoms with van der Waals surface area (Å²) in [4.78, 5) is 39.7. The summed E-state index contributed by atoms with van der Waals surface area (Å²) in [6, 6.07) is 23.2. The maximum absolute atomic E-state index is 12.9. The molecular weight excluding hydrogens is 420 g/mol. The first-order valence-electron chi connectivity index (χ1n) is 10.5. The number of hydrogen-bond acceptors (Lipinski definition) is 5. The zero-order valence-corrected chi connectivity index (χ0v) is 18.1. The van der Waals surface area contributed by atoms with Crippen molar-refractivity contribution in [2.24, 2.45) is 0 Å². The SMILES string of the molecule is CNC(=O)C1CN(CC(=O)Nc2ccccc2C(=O)Nc2ccccc2)c2ccccc2O1. The largest absolute Gasteiger partial charge is 0.477 e. The fraction of sp³-hybridized carbons (Fsp3) is 0.160. The predicted octanol–water partition coefficient (Wildman–Crippen LogP) is 2.89. The van der Waals surface area contributed by atoms with Gasteiger partial charge in [-0.2, -0.15) is 0 Å². The van der Waals surface area contributed by atoms with Crippen LogP contribution in [-0.4, -0.2) is 44.0 Å². The lowest BCUT2D eigenvalue weighted by Crippen LogP contribution is -2.50. The van der Waals surface area contributed by atoms with Crippen LogP contribution < -0.4 is 25.6 Å². The maximum atomic E-state index is 12.9. The number of nitrogens with one attached hydrogen (secondary N) is 3. The standard InChI is InChI=1S/C25H24N4O4/c1-26-25(32)22-15-29(20-13-7-8-14-21(20)33-22)16-23(30)28-19-12-6-5-11-18(19)24(31)27-17-9-3-2-4-10-17/h2-14,22H,15-16H2,1H3,(H,26,32)(H,27,31)(H,28,30). The third-order valence-electron chi connectivity index (χ3n) is 5.21. The van der Waals surface area contributed by atoms with E-state index in [9.17, 15) is 14.4 Å². The van der Waals surface area contributed by atoms with Gasteiger partial charge in [-0.3, -0.25) is 14.4 Å². The van der Waals surface area contributed by atoms with Crippen LogP contribution >= 0.6 is 0 Å². The molecule has 8 nitrogen and oxygen atoms in total. The van der Waals surface area contributed by atoms with E-state index in [1.165, 1.54) is 0 Å². The van der Waals surface area contributed by atoms with Gasteiger partial charge >= 0.3 is 0 Å². The average molecular weight is 444 g/mol. The third-order valence-corrected chi connectivity index (χ3v) is 5.21. The van der Waals surface area contributed by atoms with Crippen LogP contribution in [0.3, 0.4) is 0 Å². The highest BCUT2D eigenvalue weighted by Crippen LogP contribution is 2.33. The predicted molar refractivity (Wildman–Crippen MR) is 127 cm³/mol. The van der Waals surface area contributed by atoms with Crippen molar-refractivity contribution in [3.05, 3.63) is 84.4 Å². The number of hydrogen-bond donors (Lipinski definition) is 3. The molecule has 3 amide bonds. The summed E-state index contributed by atoms with van der Waals surface area (Å²) in [5.41, 5.74) is 2.14. The first-order chi connectivity index (χ1) is 16.0. The molecule has 1 aliphatic heterocycles. The molecule has 1 heterocycles. The number of carbonyl (C=O) groups is 3. The molecular formula is C25H24N4O4. The summed E-state index contributed by atoms with van der Waals surface area (Å²) in [5, 5.41) is 8.24. The highest BCUT2D eigenvalue weighted by Gasteiger charge is 2.31. The molecule has 0 aliphatic carbocycles. The third kappa shape index (κ3) is 5.12. The Morgan fingerprint density at radius 3 is 2.39 bits per heavy atom. The molecule has 8 heteroatoms. The fourth-order valence-corrected chi connectivity index (χ4v) is 3.63. The van der Waals surface area contributed by atoms with E-state index in [0.29, 0.717) is 22.7 Å². The summed E-state index contributed by atoms with van der Waals surface area (Å²) in [6.45, 7) is 0.211. The topological polar surface area (TPSA) is 99.8 Å². The minimum absolute atomic E-state index is 0.0114. The van der Waals surface area contributed by atoms with Crippen LogP contribution in [0.25, 0.3) is 0 Å². The zero-order valence-electron chi connectivity index (χ0n) is 18.1. The smallest absolute Gasteiger partial charge is 0.262 e. The molecule has 0 spiro atoms. The summed E-state index contributed by atoms with van der Waals surface area (Å²) in [6.07, 6.45) is -0.735. The number of benzene rings is 3. The number of amides is 3. The highest BCUT2D eigenvalue weighted by molar-refractivity contribution is 6.10.